The highest BCUT2D eigenvalue weighted by molar-refractivity contribution is 7.81. The molecule has 3 heteroatoms. The van der Waals surface area contributed by atoms with Gasteiger partial charge in [-0.15, -0.1) is 0 Å². The maximum absolute atomic E-state index is 12.4. The number of thiol groups is 1. The number of amides is 1. The van der Waals surface area contributed by atoms with Crippen LogP contribution in [0.4, 0.5) is 0 Å². The van der Waals surface area contributed by atoms with Crippen molar-refractivity contribution in [3.05, 3.63) is 35.9 Å². The van der Waals surface area contributed by atoms with E-state index in [2.05, 4.69) is 31.7 Å². The number of nitrogens with zero attached hydrogens (tertiary/aromatic N) is 1. The van der Waals surface area contributed by atoms with Crippen LogP contribution in [-0.2, 0) is 11.2 Å². The fourth-order valence-corrected chi connectivity index (χ4v) is 2.58. The van der Waals surface area contributed by atoms with Crippen LogP contribution in [0.25, 0.3) is 0 Å². The Balaban J connectivity index is 1.94. The average Bonchev–Trinajstić information content (AvgIpc) is 3.20. The van der Waals surface area contributed by atoms with Crippen LogP contribution < -0.4 is 0 Å². The molecule has 0 aromatic heterocycles. The molecule has 1 atom stereocenters. The van der Waals surface area contributed by atoms with Gasteiger partial charge in [-0.25, -0.2) is 0 Å². The second-order valence-corrected chi connectivity index (χ2v) is 5.59. The fourth-order valence-electron chi connectivity index (χ4n) is 2.22. The highest BCUT2D eigenvalue weighted by Gasteiger charge is 2.34. The summed E-state index contributed by atoms with van der Waals surface area (Å²) >= 11 is 4.50. The van der Waals surface area contributed by atoms with Crippen LogP contribution in [0.3, 0.4) is 0 Å². The van der Waals surface area contributed by atoms with E-state index in [1.165, 1.54) is 5.56 Å². The van der Waals surface area contributed by atoms with E-state index in [-0.39, 0.29) is 11.2 Å². The minimum absolute atomic E-state index is 0.200. The normalized spacial score (nSPS) is 16.3. The number of rotatable bonds is 6. The molecule has 1 aliphatic rings. The Hall–Kier alpha value is -0.960. The van der Waals surface area contributed by atoms with Crippen LogP contribution in [0.1, 0.15) is 31.7 Å². The minimum Gasteiger partial charge on any atom is -0.339 e. The Morgan fingerprint density at radius 1 is 1.39 bits per heavy atom. The van der Waals surface area contributed by atoms with E-state index in [1.807, 2.05) is 23.1 Å². The molecule has 1 aromatic carbocycles. The van der Waals surface area contributed by atoms with Gasteiger partial charge in [-0.05, 0) is 31.2 Å². The predicted molar refractivity (Wildman–Crippen MR) is 77.9 cm³/mol. The molecule has 0 saturated heterocycles. The first kappa shape index (κ1) is 13.5. The smallest absolute Gasteiger partial charge is 0.236 e. The van der Waals surface area contributed by atoms with E-state index in [9.17, 15) is 4.79 Å². The molecular formula is C15H21NOS. The molecule has 98 valence electrons. The number of benzene rings is 1. The summed E-state index contributed by atoms with van der Waals surface area (Å²) in [6.07, 6.45) is 4.07. The Morgan fingerprint density at radius 2 is 2.06 bits per heavy atom. The molecule has 1 unspecified atom stereocenters. The van der Waals surface area contributed by atoms with E-state index in [4.69, 9.17) is 0 Å². The highest BCUT2D eigenvalue weighted by Crippen LogP contribution is 2.28. The van der Waals surface area contributed by atoms with Crippen molar-refractivity contribution in [1.82, 2.24) is 4.90 Å². The molecule has 1 aromatic rings. The molecule has 0 radical (unpaired) electrons. The highest BCUT2D eigenvalue weighted by atomic mass is 32.1. The third kappa shape index (κ3) is 3.52. The SMILES string of the molecule is CCCN(C(=O)C(S)Cc1ccccc1)C1CC1. The van der Waals surface area contributed by atoms with E-state index < -0.39 is 0 Å². The van der Waals surface area contributed by atoms with Gasteiger partial charge in [0.05, 0.1) is 5.25 Å². The van der Waals surface area contributed by atoms with E-state index in [0.29, 0.717) is 6.04 Å². The largest absolute Gasteiger partial charge is 0.339 e. The van der Waals surface area contributed by atoms with E-state index in [1.54, 1.807) is 0 Å². The summed E-state index contributed by atoms with van der Waals surface area (Å²) in [5.41, 5.74) is 1.18. The topological polar surface area (TPSA) is 20.3 Å². The van der Waals surface area contributed by atoms with Crippen molar-refractivity contribution in [2.24, 2.45) is 0 Å². The molecule has 1 fully saturated rings. The first-order chi connectivity index (χ1) is 8.72. The van der Waals surface area contributed by atoms with Crippen molar-refractivity contribution in [1.29, 1.82) is 0 Å². The van der Waals surface area contributed by atoms with Crippen LogP contribution in [0.2, 0.25) is 0 Å². The van der Waals surface area contributed by atoms with Crippen LogP contribution >= 0.6 is 12.6 Å². The number of hydrogen-bond donors (Lipinski definition) is 1. The maximum atomic E-state index is 12.4. The lowest BCUT2D eigenvalue weighted by Crippen LogP contribution is -2.39. The lowest BCUT2D eigenvalue weighted by molar-refractivity contribution is -0.131. The zero-order valence-corrected chi connectivity index (χ0v) is 11.8. The van der Waals surface area contributed by atoms with Crippen molar-refractivity contribution in [3.63, 3.8) is 0 Å². The van der Waals surface area contributed by atoms with Gasteiger partial charge in [0.25, 0.3) is 0 Å². The molecule has 0 N–H and O–H groups in total. The zero-order chi connectivity index (χ0) is 13.0. The van der Waals surface area contributed by atoms with E-state index >= 15 is 0 Å². The molecule has 0 heterocycles. The minimum atomic E-state index is -0.209. The molecular weight excluding hydrogens is 242 g/mol. The van der Waals surface area contributed by atoms with Crippen molar-refractivity contribution >= 4 is 18.5 Å². The second-order valence-electron chi connectivity index (χ2n) is 4.97. The molecule has 2 rings (SSSR count). The summed E-state index contributed by atoms with van der Waals surface area (Å²) in [7, 11) is 0. The predicted octanol–water partition coefficient (Wildman–Crippen LogP) is 2.93. The van der Waals surface area contributed by atoms with Gasteiger partial charge < -0.3 is 4.90 Å². The van der Waals surface area contributed by atoms with Gasteiger partial charge in [0.1, 0.15) is 0 Å². The summed E-state index contributed by atoms with van der Waals surface area (Å²) in [5.74, 6) is 0.200. The van der Waals surface area contributed by atoms with Crippen molar-refractivity contribution in [3.8, 4) is 0 Å². The Labute approximate surface area is 115 Å². The lowest BCUT2D eigenvalue weighted by Gasteiger charge is -2.25. The summed E-state index contributed by atoms with van der Waals surface area (Å²) in [6.45, 7) is 2.99. The van der Waals surface area contributed by atoms with Crippen LogP contribution in [0, 0.1) is 0 Å². The summed E-state index contributed by atoms with van der Waals surface area (Å²) in [4.78, 5) is 14.4. The van der Waals surface area contributed by atoms with Crippen molar-refractivity contribution in [2.75, 3.05) is 6.54 Å². The third-order valence-corrected chi connectivity index (χ3v) is 3.70. The zero-order valence-electron chi connectivity index (χ0n) is 10.9. The Kier molecular flexibility index (Phi) is 4.70. The molecule has 0 spiro atoms. The summed E-state index contributed by atoms with van der Waals surface area (Å²) < 4.78 is 0. The summed E-state index contributed by atoms with van der Waals surface area (Å²) in [6, 6.07) is 10.6. The van der Waals surface area contributed by atoms with Gasteiger partial charge in [-0.1, -0.05) is 37.3 Å². The molecule has 18 heavy (non-hydrogen) atoms. The van der Waals surface area contributed by atoms with Gasteiger partial charge in [0, 0.05) is 12.6 Å². The number of carbonyl (C=O) groups excluding carboxylic acids is 1. The Morgan fingerprint density at radius 3 is 2.61 bits per heavy atom. The van der Waals surface area contributed by atoms with E-state index in [0.717, 1.165) is 32.2 Å². The monoisotopic (exact) mass is 263 g/mol. The third-order valence-electron chi connectivity index (χ3n) is 3.29. The van der Waals surface area contributed by atoms with Gasteiger partial charge in [0.15, 0.2) is 0 Å². The molecule has 0 aliphatic heterocycles. The molecule has 1 aliphatic carbocycles. The lowest BCUT2D eigenvalue weighted by atomic mass is 10.1. The van der Waals surface area contributed by atoms with Crippen molar-refractivity contribution in [2.45, 2.75) is 43.9 Å². The van der Waals surface area contributed by atoms with Crippen LogP contribution in [-0.4, -0.2) is 28.6 Å². The quantitative estimate of drug-likeness (QED) is 0.782. The van der Waals surface area contributed by atoms with Gasteiger partial charge in [0.2, 0.25) is 5.91 Å². The fraction of sp³-hybridized carbons (Fsp3) is 0.533. The number of carbonyl (C=O) groups is 1. The Bertz CT molecular complexity index is 389. The van der Waals surface area contributed by atoms with Crippen LogP contribution in [0.15, 0.2) is 30.3 Å². The number of hydrogen-bond acceptors (Lipinski definition) is 2. The standard InChI is InChI=1S/C15H21NOS/c1-2-10-16(13-8-9-13)15(17)14(18)11-12-6-4-3-5-7-12/h3-7,13-14,18H,2,8-11H2,1H3. The van der Waals surface area contributed by atoms with Crippen molar-refractivity contribution < 1.29 is 4.79 Å². The molecule has 0 bridgehead atoms. The molecule has 2 nitrogen and oxygen atoms in total. The first-order valence-electron chi connectivity index (χ1n) is 6.75. The first-order valence-corrected chi connectivity index (χ1v) is 7.26. The summed E-state index contributed by atoms with van der Waals surface area (Å²) in [5, 5.41) is -0.209. The van der Waals surface area contributed by atoms with Crippen LogP contribution in [0.5, 0.6) is 0 Å². The average molecular weight is 263 g/mol. The molecule has 1 amide bonds. The molecule has 1 saturated carbocycles. The van der Waals surface area contributed by atoms with Gasteiger partial charge in [-0.3, -0.25) is 4.79 Å². The second kappa shape index (κ2) is 6.28. The van der Waals surface area contributed by atoms with Gasteiger partial charge >= 0.3 is 0 Å². The maximum Gasteiger partial charge on any atom is 0.236 e. The van der Waals surface area contributed by atoms with Gasteiger partial charge in [-0.2, -0.15) is 12.6 Å².